The Balaban J connectivity index is 0.000000371. The number of anilines is 1. The first-order valence-corrected chi connectivity index (χ1v) is 2.63. The molecule has 1 heterocycles. The molecule has 0 unspecified atom stereocenters. The van der Waals surface area contributed by atoms with E-state index in [1.807, 2.05) is 7.05 Å². The zero-order chi connectivity index (χ0) is 7.82. The average Bonchev–Trinajstić information content (AvgIpc) is 2.10. The molecule has 0 spiro atoms. The third-order valence-corrected chi connectivity index (χ3v) is 0.819. The molecule has 0 atom stereocenters. The molecule has 0 saturated carbocycles. The van der Waals surface area contributed by atoms with Crippen molar-refractivity contribution in [1.29, 1.82) is 5.26 Å². The van der Waals surface area contributed by atoms with E-state index in [2.05, 4.69) is 21.9 Å². The molecule has 0 saturated heterocycles. The zero-order valence-electron chi connectivity index (χ0n) is 5.65. The maximum Gasteiger partial charge on any atom is 0.144 e. The summed E-state index contributed by atoms with van der Waals surface area (Å²) < 4.78 is 0. The Kier molecular flexibility index (Phi) is 4.61. The maximum atomic E-state index is 6.50. The Labute approximate surface area is 59.5 Å². The van der Waals surface area contributed by atoms with Crippen LogP contribution in [-0.2, 0) is 0 Å². The van der Waals surface area contributed by atoms with Gasteiger partial charge in [-0.3, -0.25) is 4.98 Å². The minimum absolute atomic E-state index is 0.799. The molecule has 0 aliphatic heterocycles. The van der Waals surface area contributed by atoms with Crippen molar-refractivity contribution in [2.24, 2.45) is 0 Å². The highest BCUT2D eigenvalue weighted by Gasteiger charge is 1.80. The van der Waals surface area contributed by atoms with E-state index in [4.69, 9.17) is 5.26 Å². The Morgan fingerprint density at radius 1 is 1.50 bits per heavy atom. The van der Waals surface area contributed by atoms with Gasteiger partial charge in [0.15, 0.2) is 0 Å². The molecular weight excluding hydrogens is 128 g/mol. The van der Waals surface area contributed by atoms with Crippen LogP contribution >= 0.6 is 0 Å². The number of rotatable bonds is 1. The number of hydrogen-bond acceptors (Lipinski definition) is 4. The van der Waals surface area contributed by atoms with Crippen molar-refractivity contribution < 1.29 is 0 Å². The van der Waals surface area contributed by atoms with E-state index >= 15 is 0 Å². The largest absolute Gasteiger partial charge is 0.372 e. The number of hydrogen-bond donors (Lipinski definition) is 1. The van der Waals surface area contributed by atoms with E-state index in [9.17, 15) is 0 Å². The van der Waals surface area contributed by atoms with Crippen molar-refractivity contribution in [2.45, 2.75) is 0 Å². The van der Waals surface area contributed by atoms with Gasteiger partial charge in [0.25, 0.3) is 0 Å². The summed E-state index contributed by atoms with van der Waals surface area (Å²) in [7, 11) is 1.81. The summed E-state index contributed by atoms with van der Waals surface area (Å²) in [6.45, 7) is 3.50. The highest BCUT2D eigenvalue weighted by molar-refractivity contribution is 5.27. The lowest BCUT2D eigenvalue weighted by molar-refractivity contribution is 1.19. The van der Waals surface area contributed by atoms with Crippen LogP contribution in [0.1, 0.15) is 0 Å². The van der Waals surface area contributed by atoms with E-state index in [0.717, 1.165) is 5.82 Å². The summed E-state index contributed by atoms with van der Waals surface area (Å²) in [5.41, 5.74) is 0. The van der Waals surface area contributed by atoms with E-state index in [0.29, 0.717) is 0 Å². The predicted octanol–water partition coefficient (Wildman–Crippen LogP) is 0.658. The van der Waals surface area contributed by atoms with Crippen molar-refractivity contribution in [1.82, 2.24) is 9.97 Å². The van der Waals surface area contributed by atoms with Gasteiger partial charge in [0, 0.05) is 26.0 Å². The highest BCUT2D eigenvalue weighted by atomic mass is 15.0. The molecule has 0 bridgehead atoms. The van der Waals surface area contributed by atoms with Gasteiger partial charge in [0.2, 0.25) is 0 Å². The number of nitrogens with zero attached hydrogens (tertiary/aromatic N) is 3. The lowest BCUT2D eigenvalue weighted by Gasteiger charge is -1.92. The van der Waals surface area contributed by atoms with E-state index < -0.39 is 0 Å². The van der Waals surface area contributed by atoms with Crippen LogP contribution in [0.4, 0.5) is 5.82 Å². The fraction of sp³-hybridized carbons (Fsp3) is 0.167. The molecule has 0 aromatic carbocycles. The van der Waals surface area contributed by atoms with Crippen LogP contribution in [0.3, 0.4) is 0 Å². The lowest BCUT2D eigenvalue weighted by atomic mass is 10.7. The summed E-state index contributed by atoms with van der Waals surface area (Å²) in [6, 6.07) is 0. The quantitative estimate of drug-likeness (QED) is 0.616. The van der Waals surface area contributed by atoms with Crippen molar-refractivity contribution >= 4 is 5.82 Å². The topological polar surface area (TPSA) is 61.6 Å². The van der Waals surface area contributed by atoms with Crippen molar-refractivity contribution in [3.8, 4) is 6.57 Å². The second-order valence-corrected chi connectivity index (χ2v) is 1.34. The second kappa shape index (κ2) is 5.51. The number of nitriles is 1. The molecule has 52 valence electrons. The molecule has 10 heavy (non-hydrogen) atoms. The lowest BCUT2D eigenvalue weighted by Crippen LogP contribution is -1.90. The van der Waals surface area contributed by atoms with Gasteiger partial charge in [-0.1, -0.05) is 0 Å². The standard InChI is InChI=1S/C5H7N3.CHN/c1-6-5-4-7-2-3-8-5;1-2/h2-4H,1H3,(H,6,8);1H. The van der Waals surface area contributed by atoms with Gasteiger partial charge in [-0.25, -0.2) is 10.2 Å². The SMILES string of the molecule is C#N.CNc1cnccn1. The highest BCUT2D eigenvalue weighted by Crippen LogP contribution is 1.91. The maximum absolute atomic E-state index is 6.50. The fourth-order valence-corrected chi connectivity index (χ4v) is 0.428. The molecule has 4 heteroatoms. The molecule has 4 nitrogen and oxygen atoms in total. The van der Waals surface area contributed by atoms with Crippen LogP contribution < -0.4 is 5.32 Å². The van der Waals surface area contributed by atoms with Gasteiger partial charge in [0.05, 0.1) is 6.20 Å². The molecular formula is C6H8N4. The van der Waals surface area contributed by atoms with Gasteiger partial charge in [-0.05, 0) is 0 Å². The zero-order valence-corrected chi connectivity index (χ0v) is 5.65. The molecule has 1 N–H and O–H groups in total. The third kappa shape index (κ3) is 2.62. The van der Waals surface area contributed by atoms with Crippen molar-refractivity contribution in [3.63, 3.8) is 0 Å². The molecule has 1 aromatic rings. The first kappa shape index (κ1) is 8.37. The Morgan fingerprint density at radius 2 is 2.20 bits per heavy atom. The molecule has 0 fully saturated rings. The van der Waals surface area contributed by atoms with Crippen molar-refractivity contribution in [3.05, 3.63) is 18.6 Å². The van der Waals surface area contributed by atoms with Gasteiger partial charge >= 0.3 is 0 Å². The van der Waals surface area contributed by atoms with E-state index in [1.54, 1.807) is 18.6 Å². The molecule has 0 radical (unpaired) electrons. The molecule has 1 rings (SSSR count). The van der Waals surface area contributed by atoms with Gasteiger partial charge in [0.1, 0.15) is 5.82 Å². The van der Waals surface area contributed by atoms with Crippen molar-refractivity contribution in [2.75, 3.05) is 12.4 Å². The van der Waals surface area contributed by atoms with E-state index in [-0.39, 0.29) is 0 Å². The Bertz CT molecular complexity index is 181. The first-order chi connectivity index (χ1) is 4.93. The molecule has 0 amide bonds. The minimum Gasteiger partial charge on any atom is -0.372 e. The van der Waals surface area contributed by atoms with Crippen LogP contribution in [0, 0.1) is 11.8 Å². The monoisotopic (exact) mass is 136 g/mol. The predicted molar refractivity (Wildman–Crippen MR) is 38.2 cm³/mol. The normalized spacial score (nSPS) is 7.10. The van der Waals surface area contributed by atoms with Crippen LogP contribution in [-0.4, -0.2) is 17.0 Å². The molecule has 0 aliphatic carbocycles. The number of nitrogens with one attached hydrogen (secondary N) is 1. The average molecular weight is 136 g/mol. The smallest absolute Gasteiger partial charge is 0.144 e. The van der Waals surface area contributed by atoms with Crippen LogP contribution in [0.2, 0.25) is 0 Å². The van der Waals surface area contributed by atoms with Crippen LogP contribution in [0.15, 0.2) is 18.6 Å². The fourth-order valence-electron chi connectivity index (χ4n) is 0.428. The number of aromatic nitrogens is 2. The van der Waals surface area contributed by atoms with Gasteiger partial charge in [-0.2, -0.15) is 0 Å². The summed E-state index contributed by atoms with van der Waals surface area (Å²) in [5.74, 6) is 0.799. The minimum atomic E-state index is 0.799. The van der Waals surface area contributed by atoms with E-state index in [1.165, 1.54) is 0 Å². The Hall–Kier alpha value is -1.63. The van der Waals surface area contributed by atoms with Crippen LogP contribution in [0.25, 0.3) is 0 Å². The second-order valence-electron chi connectivity index (χ2n) is 1.34. The first-order valence-electron chi connectivity index (χ1n) is 2.63. The summed E-state index contributed by atoms with van der Waals surface area (Å²) >= 11 is 0. The van der Waals surface area contributed by atoms with Gasteiger partial charge in [-0.15, -0.1) is 0 Å². The molecule has 1 aromatic heterocycles. The summed E-state index contributed by atoms with van der Waals surface area (Å²) in [5, 5.41) is 9.35. The summed E-state index contributed by atoms with van der Waals surface area (Å²) in [6.07, 6.45) is 4.95. The Morgan fingerprint density at radius 3 is 2.50 bits per heavy atom. The third-order valence-electron chi connectivity index (χ3n) is 0.819. The van der Waals surface area contributed by atoms with Crippen LogP contribution in [0.5, 0.6) is 0 Å². The van der Waals surface area contributed by atoms with Gasteiger partial charge < -0.3 is 5.32 Å². The summed E-state index contributed by atoms with van der Waals surface area (Å²) in [4.78, 5) is 7.75. The molecule has 0 aliphatic rings.